The lowest BCUT2D eigenvalue weighted by Gasteiger charge is -2.29. The largest absolute Gasteiger partial charge is 0.467 e. The average molecular weight is 535 g/mol. The van der Waals surface area contributed by atoms with Crippen LogP contribution in [0.4, 0.5) is 0 Å². The van der Waals surface area contributed by atoms with Gasteiger partial charge in [0.2, 0.25) is 0 Å². The van der Waals surface area contributed by atoms with Crippen LogP contribution in [0.2, 0.25) is 0 Å². The first kappa shape index (κ1) is 29.7. The molecule has 3 unspecified atom stereocenters. The highest BCUT2D eigenvalue weighted by molar-refractivity contribution is 5.74. The second-order valence-electron chi connectivity index (χ2n) is 11.5. The van der Waals surface area contributed by atoms with Crippen LogP contribution in [-0.2, 0) is 28.5 Å². The molecule has 0 radical (unpaired) electrons. The van der Waals surface area contributed by atoms with Gasteiger partial charge in [-0.25, -0.2) is 4.79 Å². The minimum absolute atomic E-state index is 0.0747. The van der Waals surface area contributed by atoms with Crippen LogP contribution in [0.5, 0.6) is 0 Å². The molecule has 38 heavy (non-hydrogen) atoms. The number of rotatable bonds is 13. The van der Waals surface area contributed by atoms with Crippen LogP contribution in [0.15, 0.2) is 24.3 Å². The van der Waals surface area contributed by atoms with Crippen molar-refractivity contribution in [3.05, 3.63) is 24.3 Å². The highest BCUT2D eigenvalue weighted by atomic mass is 16.7. The molecule has 2 saturated carbocycles. The Morgan fingerprint density at radius 2 is 1.58 bits per heavy atom. The van der Waals surface area contributed by atoms with E-state index in [0.717, 1.165) is 64.4 Å². The first-order valence-corrected chi connectivity index (χ1v) is 15.3. The zero-order chi connectivity index (χ0) is 26.6. The molecule has 0 bridgehead atoms. The van der Waals surface area contributed by atoms with Gasteiger partial charge in [0.25, 0.3) is 0 Å². The van der Waals surface area contributed by atoms with E-state index in [1.807, 2.05) is 0 Å². The van der Waals surface area contributed by atoms with Gasteiger partial charge in [-0.1, -0.05) is 37.1 Å². The molecule has 0 aromatic rings. The summed E-state index contributed by atoms with van der Waals surface area (Å²) in [6.45, 7) is 1.48. The first-order chi connectivity index (χ1) is 18.6. The van der Waals surface area contributed by atoms with Crippen molar-refractivity contribution in [3.8, 4) is 0 Å². The van der Waals surface area contributed by atoms with Gasteiger partial charge < -0.3 is 28.8 Å². The van der Waals surface area contributed by atoms with Crippen LogP contribution >= 0.6 is 0 Å². The van der Waals surface area contributed by atoms with Crippen molar-refractivity contribution in [1.29, 1.82) is 0 Å². The lowest BCUT2D eigenvalue weighted by atomic mass is 9.89. The Hall–Kier alpha value is -1.25. The van der Waals surface area contributed by atoms with Crippen LogP contribution in [0.25, 0.3) is 0 Å². The average Bonchev–Trinajstić information content (AvgIpc) is 3.61. The summed E-state index contributed by atoms with van der Waals surface area (Å²) in [5, 5.41) is 10.7. The van der Waals surface area contributed by atoms with Crippen molar-refractivity contribution in [3.63, 3.8) is 0 Å². The number of hydrogen-bond donors (Lipinski definition) is 1. The van der Waals surface area contributed by atoms with Gasteiger partial charge in [-0.05, 0) is 101 Å². The molecule has 4 fully saturated rings. The maximum atomic E-state index is 12.2. The molecular weight excluding hydrogens is 484 g/mol. The smallest absolute Gasteiger partial charge is 0.335 e. The van der Waals surface area contributed by atoms with Crippen LogP contribution < -0.4 is 0 Å². The third-order valence-corrected chi connectivity index (χ3v) is 8.79. The van der Waals surface area contributed by atoms with Crippen molar-refractivity contribution < 1.29 is 33.6 Å². The Kier molecular flexibility index (Phi) is 12.6. The molecule has 2 heterocycles. The van der Waals surface area contributed by atoms with E-state index in [0.29, 0.717) is 24.9 Å². The fourth-order valence-electron chi connectivity index (χ4n) is 6.49. The Morgan fingerprint density at radius 1 is 0.895 bits per heavy atom. The summed E-state index contributed by atoms with van der Waals surface area (Å²) in [5.41, 5.74) is 0. The van der Waals surface area contributed by atoms with Gasteiger partial charge in [0.1, 0.15) is 0 Å². The van der Waals surface area contributed by atoms with E-state index in [2.05, 4.69) is 24.3 Å². The molecule has 216 valence electrons. The minimum Gasteiger partial charge on any atom is -0.467 e. The zero-order valence-electron chi connectivity index (χ0n) is 23.3. The molecule has 7 heteroatoms. The van der Waals surface area contributed by atoms with E-state index in [1.165, 1.54) is 39.2 Å². The van der Waals surface area contributed by atoms with Crippen molar-refractivity contribution in [2.75, 3.05) is 20.3 Å². The predicted octanol–water partition coefficient (Wildman–Crippen LogP) is 5.84. The normalized spacial score (nSPS) is 32.7. The summed E-state index contributed by atoms with van der Waals surface area (Å²) in [4.78, 5) is 12.2. The summed E-state index contributed by atoms with van der Waals surface area (Å²) < 4.78 is 28.9. The number of hydrogen-bond acceptors (Lipinski definition) is 7. The molecule has 0 spiro atoms. The van der Waals surface area contributed by atoms with Gasteiger partial charge in [0.15, 0.2) is 18.7 Å². The van der Waals surface area contributed by atoms with E-state index < -0.39 is 6.10 Å². The van der Waals surface area contributed by atoms with Gasteiger partial charge >= 0.3 is 5.97 Å². The number of esters is 1. The summed E-state index contributed by atoms with van der Waals surface area (Å²) in [5.74, 6) is 0.789. The molecule has 2 aliphatic heterocycles. The van der Waals surface area contributed by atoms with Crippen molar-refractivity contribution in [2.24, 2.45) is 17.8 Å². The lowest BCUT2D eigenvalue weighted by Crippen LogP contribution is -2.33. The number of aliphatic hydroxyl groups is 1. The van der Waals surface area contributed by atoms with E-state index in [4.69, 9.17) is 23.7 Å². The van der Waals surface area contributed by atoms with Crippen LogP contribution in [0, 0.1) is 17.8 Å². The summed E-state index contributed by atoms with van der Waals surface area (Å²) in [6, 6.07) is 0. The summed E-state index contributed by atoms with van der Waals surface area (Å²) in [6.07, 6.45) is 22.9. The van der Waals surface area contributed by atoms with Crippen LogP contribution in [0.1, 0.15) is 96.3 Å². The monoisotopic (exact) mass is 534 g/mol. The van der Waals surface area contributed by atoms with Gasteiger partial charge in [0.05, 0.1) is 19.3 Å². The molecule has 0 aromatic carbocycles. The Balaban J connectivity index is 1.26. The third-order valence-electron chi connectivity index (χ3n) is 8.79. The molecule has 7 nitrogen and oxygen atoms in total. The molecule has 4 aliphatic rings. The molecule has 2 aliphatic carbocycles. The number of ether oxygens (including phenoxy) is 5. The molecular formula is C31H50O7. The summed E-state index contributed by atoms with van der Waals surface area (Å²) in [7, 11) is 1.40. The zero-order valence-corrected chi connectivity index (χ0v) is 23.3. The number of methoxy groups -OCH3 is 1. The fraction of sp³-hybridized carbons (Fsp3) is 0.839. The molecule has 7 atom stereocenters. The van der Waals surface area contributed by atoms with Crippen molar-refractivity contribution in [2.45, 2.75) is 127 Å². The first-order valence-electron chi connectivity index (χ1n) is 15.3. The third kappa shape index (κ3) is 9.16. The maximum absolute atomic E-state index is 12.2. The van der Waals surface area contributed by atoms with E-state index in [-0.39, 0.29) is 36.7 Å². The van der Waals surface area contributed by atoms with Crippen molar-refractivity contribution in [1.82, 2.24) is 0 Å². The van der Waals surface area contributed by atoms with E-state index in [1.54, 1.807) is 0 Å². The van der Waals surface area contributed by atoms with Gasteiger partial charge in [-0.15, -0.1) is 0 Å². The second kappa shape index (κ2) is 16.1. The van der Waals surface area contributed by atoms with Crippen LogP contribution in [0.3, 0.4) is 0 Å². The second-order valence-corrected chi connectivity index (χ2v) is 11.5. The van der Waals surface area contributed by atoms with Crippen LogP contribution in [-0.4, -0.2) is 62.3 Å². The lowest BCUT2D eigenvalue weighted by molar-refractivity contribution is -0.203. The molecule has 0 aromatic heterocycles. The van der Waals surface area contributed by atoms with Gasteiger partial charge in [-0.3, -0.25) is 0 Å². The summed E-state index contributed by atoms with van der Waals surface area (Å²) >= 11 is 0. The molecule has 1 N–H and O–H groups in total. The fourth-order valence-corrected chi connectivity index (χ4v) is 6.49. The predicted molar refractivity (Wildman–Crippen MR) is 145 cm³/mol. The number of carbonyl (C=O) groups is 1. The maximum Gasteiger partial charge on any atom is 0.335 e. The Bertz CT molecular complexity index is 735. The quantitative estimate of drug-likeness (QED) is 0.235. The minimum atomic E-state index is -0.610. The highest BCUT2D eigenvalue weighted by Crippen LogP contribution is 2.37. The van der Waals surface area contributed by atoms with Gasteiger partial charge in [-0.2, -0.15) is 0 Å². The van der Waals surface area contributed by atoms with Crippen molar-refractivity contribution >= 4 is 5.97 Å². The Morgan fingerprint density at radius 3 is 2.24 bits per heavy atom. The highest BCUT2D eigenvalue weighted by Gasteiger charge is 2.34. The van der Waals surface area contributed by atoms with E-state index in [9.17, 15) is 9.90 Å². The SMILES string of the molecule is COC(=O)C(CCC=CC[C@H]1[C@@H](O)CC[C@@H]1C=C[C@@H](OC1CCCCO1)C1CCCC1)OC1CCCCO1. The van der Waals surface area contributed by atoms with Gasteiger partial charge in [0, 0.05) is 13.2 Å². The number of allylic oxidation sites excluding steroid dienone is 3. The van der Waals surface area contributed by atoms with E-state index >= 15 is 0 Å². The Labute approximate surface area is 229 Å². The standard InChI is InChI=1S/C31H50O7/c1-34-31(33)28(38-30-16-8-10-22-36-30)14-4-2-3-13-25-23(17-19-26(25)32)18-20-27(24-11-5-6-12-24)37-29-15-7-9-21-35-29/h2-3,18,20,23-30,32H,4-17,19,21-22H2,1H3/t23-,25-,26+,27-,28?,29?,30?/m1/s1. The molecule has 4 rings (SSSR count). The molecule has 2 saturated heterocycles. The number of aliphatic hydroxyl groups excluding tert-OH is 1. The molecule has 0 amide bonds. The topological polar surface area (TPSA) is 83.5 Å². The number of carbonyl (C=O) groups excluding carboxylic acids is 1.